The third kappa shape index (κ3) is 4.17. The van der Waals surface area contributed by atoms with Crippen LogP contribution in [-0.4, -0.2) is 54.2 Å². The van der Waals surface area contributed by atoms with Crippen LogP contribution in [-0.2, 0) is 0 Å². The second kappa shape index (κ2) is 7.04. The van der Waals surface area contributed by atoms with Gasteiger partial charge in [0.2, 0.25) is 0 Å². The Bertz CT molecular complexity index is 400. The lowest BCUT2D eigenvalue weighted by Gasteiger charge is -2.14. The lowest BCUT2D eigenvalue weighted by atomic mass is 10.3. The molecule has 2 heterocycles. The van der Waals surface area contributed by atoms with Crippen LogP contribution in [0.15, 0.2) is 12.1 Å². The molecule has 1 fully saturated rings. The van der Waals surface area contributed by atoms with Crippen LogP contribution in [0.1, 0.15) is 29.8 Å². The van der Waals surface area contributed by atoms with Crippen LogP contribution < -0.4 is 10.6 Å². The summed E-state index contributed by atoms with van der Waals surface area (Å²) in [5, 5.41) is 13.5. The average Bonchev–Trinajstić information content (AvgIpc) is 2.96. The first-order chi connectivity index (χ1) is 9.29. The smallest absolute Gasteiger partial charge is 0.271 e. The molecule has 2 N–H and O–H groups in total. The van der Waals surface area contributed by atoms with Crippen LogP contribution in [0.4, 0.5) is 5.82 Å². The summed E-state index contributed by atoms with van der Waals surface area (Å²) in [6, 6.07) is 3.42. The first-order valence-electron chi connectivity index (χ1n) is 6.81. The van der Waals surface area contributed by atoms with Crippen molar-refractivity contribution in [1.82, 2.24) is 20.4 Å². The van der Waals surface area contributed by atoms with Crippen LogP contribution in [0.5, 0.6) is 0 Å². The molecule has 0 atom stereocenters. The SMILES string of the molecule is CNc1ccc(C(=O)NCCCN2CCCC2)nn1. The van der Waals surface area contributed by atoms with E-state index in [1.807, 2.05) is 0 Å². The molecule has 1 aromatic heterocycles. The van der Waals surface area contributed by atoms with Crippen molar-refractivity contribution >= 4 is 11.7 Å². The third-order valence-electron chi connectivity index (χ3n) is 3.29. The van der Waals surface area contributed by atoms with Gasteiger partial charge in [0, 0.05) is 13.6 Å². The van der Waals surface area contributed by atoms with E-state index in [2.05, 4.69) is 25.7 Å². The molecule has 6 nitrogen and oxygen atoms in total. The number of nitrogens with one attached hydrogen (secondary N) is 2. The van der Waals surface area contributed by atoms with E-state index in [1.165, 1.54) is 25.9 Å². The van der Waals surface area contributed by atoms with E-state index >= 15 is 0 Å². The highest BCUT2D eigenvalue weighted by Gasteiger charge is 2.11. The summed E-state index contributed by atoms with van der Waals surface area (Å²) in [4.78, 5) is 14.2. The molecule has 1 saturated heterocycles. The highest BCUT2D eigenvalue weighted by Crippen LogP contribution is 2.07. The van der Waals surface area contributed by atoms with Crippen LogP contribution in [0, 0.1) is 0 Å². The molecule has 104 valence electrons. The molecule has 1 amide bonds. The molecule has 0 radical (unpaired) electrons. The maximum absolute atomic E-state index is 11.8. The van der Waals surface area contributed by atoms with Crippen LogP contribution in [0.25, 0.3) is 0 Å². The van der Waals surface area contributed by atoms with Crippen molar-refractivity contribution in [2.75, 3.05) is 38.5 Å². The molecule has 0 spiro atoms. The van der Waals surface area contributed by atoms with Crippen LogP contribution in [0.3, 0.4) is 0 Å². The Kier molecular flexibility index (Phi) is 5.09. The minimum absolute atomic E-state index is 0.156. The molecule has 6 heteroatoms. The number of hydrogen-bond acceptors (Lipinski definition) is 5. The Hall–Kier alpha value is -1.69. The summed E-state index contributed by atoms with van der Waals surface area (Å²) in [6.45, 7) is 4.14. The van der Waals surface area contributed by atoms with Crippen LogP contribution in [0.2, 0.25) is 0 Å². The average molecular weight is 263 g/mol. The molecule has 2 rings (SSSR count). The maximum atomic E-state index is 11.8. The summed E-state index contributed by atoms with van der Waals surface area (Å²) < 4.78 is 0. The lowest BCUT2D eigenvalue weighted by Crippen LogP contribution is -2.29. The highest BCUT2D eigenvalue weighted by molar-refractivity contribution is 5.92. The van der Waals surface area contributed by atoms with E-state index in [0.29, 0.717) is 18.1 Å². The molecule has 0 aliphatic carbocycles. The van der Waals surface area contributed by atoms with E-state index < -0.39 is 0 Å². The number of hydrogen-bond donors (Lipinski definition) is 2. The summed E-state index contributed by atoms with van der Waals surface area (Å²) >= 11 is 0. The van der Waals surface area contributed by atoms with Gasteiger partial charge in [-0.3, -0.25) is 4.79 Å². The minimum atomic E-state index is -0.156. The van der Waals surface area contributed by atoms with Crippen molar-refractivity contribution in [1.29, 1.82) is 0 Å². The van der Waals surface area contributed by atoms with E-state index in [-0.39, 0.29) is 5.91 Å². The second-order valence-electron chi connectivity index (χ2n) is 4.71. The fourth-order valence-electron chi connectivity index (χ4n) is 2.19. The van der Waals surface area contributed by atoms with Gasteiger partial charge in [0.05, 0.1) is 0 Å². The number of aromatic nitrogens is 2. The molecule has 0 aromatic carbocycles. The van der Waals surface area contributed by atoms with Gasteiger partial charge in [-0.1, -0.05) is 0 Å². The minimum Gasteiger partial charge on any atom is -0.372 e. The standard InChI is InChI=1S/C13H21N5O/c1-14-12-6-5-11(16-17-12)13(19)15-7-4-10-18-8-2-3-9-18/h5-6H,2-4,7-10H2,1H3,(H,14,17)(H,15,19). The first-order valence-corrected chi connectivity index (χ1v) is 6.81. The van der Waals surface area contributed by atoms with Gasteiger partial charge in [0.15, 0.2) is 5.69 Å². The normalized spacial score (nSPS) is 15.4. The summed E-state index contributed by atoms with van der Waals surface area (Å²) in [5.74, 6) is 0.502. The largest absolute Gasteiger partial charge is 0.372 e. The van der Waals surface area contributed by atoms with Gasteiger partial charge in [0.25, 0.3) is 5.91 Å². The van der Waals surface area contributed by atoms with Gasteiger partial charge in [-0.15, -0.1) is 10.2 Å². The first kappa shape index (κ1) is 13.7. The van der Waals surface area contributed by atoms with Crippen molar-refractivity contribution in [2.24, 2.45) is 0 Å². The zero-order valence-electron chi connectivity index (χ0n) is 11.4. The molecule has 1 aliphatic heterocycles. The quantitative estimate of drug-likeness (QED) is 0.741. The van der Waals surface area contributed by atoms with Crippen LogP contribution >= 0.6 is 0 Å². The summed E-state index contributed by atoms with van der Waals surface area (Å²) in [6.07, 6.45) is 3.59. The van der Waals surface area contributed by atoms with Gasteiger partial charge < -0.3 is 15.5 Å². The third-order valence-corrected chi connectivity index (χ3v) is 3.29. The molecule has 0 saturated carbocycles. The van der Waals surface area contributed by atoms with Gasteiger partial charge >= 0.3 is 0 Å². The Labute approximate surface area is 113 Å². The predicted molar refractivity (Wildman–Crippen MR) is 74.2 cm³/mol. The molecular weight excluding hydrogens is 242 g/mol. The Morgan fingerprint density at radius 3 is 2.74 bits per heavy atom. The zero-order valence-corrected chi connectivity index (χ0v) is 11.4. The molecule has 19 heavy (non-hydrogen) atoms. The molecule has 0 unspecified atom stereocenters. The van der Waals surface area contributed by atoms with Crippen molar-refractivity contribution < 1.29 is 4.79 Å². The van der Waals surface area contributed by atoms with E-state index in [0.717, 1.165) is 13.0 Å². The number of nitrogens with zero attached hydrogens (tertiary/aromatic N) is 3. The molecule has 1 aromatic rings. The molecule has 1 aliphatic rings. The fraction of sp³-hybridized carbons (Fsp3) is 0.615. The van der Waals surface area contributed by atoms with Crippen molar-refractivity contribution in [3.8, 4) is 0 Å². The second-order valence-corrected chi connectivity index (χ2v) is 4.71. The van der Waals surface area contributed by atoms with Gasteiger partial charge in [-0.05, 0) is 51.0 Å². The summed E-state index contributed by atoms with van der Waals surface area (Å²) in [5.41, 5.74) is 0.361. The highest BCUT2D eigenvalue weighted by atomic mass is 16.1. The number of likely N-dealkylation sites (tertiary alicyclic amines) is 1. The Balaban J connectivity index is 1.68. The lowest BCUT2D eigenvalue weighted by molar-refractivity contribution is 0.0946. The van der Waals surface area contributed by atoms with E-state index in [1.54, 1.807) is 19.2 Å². The van der Waals surface area contributed by atoms with E-state index in [9.17, 15) is 4.79 Å². The Morgan fingerprint density at radius 2 is 2.11 bits per heavy atom. The van der Waals surface area contributed by atoms with Gasteiger partial charge in [-0.2, -0.15) is 0 Å². The molecule has 0 bridgehead atoms. The van der Waals surface area contributed by atoms with E-state index in [4.69, 9.17) is 0 Å². The Morgan fingerprint density at radius 1 is 1.32 bits per heavy atom. The topological polar surface area (TPSA) is 70.2 Å². The number of anilines is 1. The zero-order chi connectivity index (χ0) is 13.5. The maximum Gasteiger partial charge on any atom is 0.271 e. The summed E-state index contributed by atoms with van der Waals surface area (Å²) in [7, 11) is 1.77. The number of carbonyl (C=O) groups is 1. The number of rotatable bonds is 6. The molecular formula is C13H21N5O. The van der Waals surface area contributed by atoms with Gasteiger partial charge in [0.1, 0.15) is 5.82 Å². The van der Waals surface area contributed by atoms with Crippen molar-refractivity contribution in [3.05, 3.63) is 17.8 Å². The van der Waals surface area contributed by atoms with Gasteiger partial charge in [-0.25, -0.2) is 0 Å². The number of carbonyl (C=O) groups excluding carboxylic acids is 1. The van der Waals surface area contributed by atoms with Crippen molar-refractivity contribution in [3.63, 3.8) is 0 Å². The fourth-order valence-corrected chi connectivity index (χ4v) is 2.19. The number of amides is 1. The van der Waals surface area contributed by atoms with Crippen molar-refractivity contribution in [2.45, 2.75) is 19.3 Å². The monoisotopic (exact) mass is 263 g/mol. The predicted octanol–water partition coefficient (Wildman–Crippen LogP) is 0.734.